The van der Waals surface area contributed by atoms with E-state index in [0.29, 0.717) is 11.1 Å². The Morgan fingerprint density at radius 1 is 1.35 bits per heavy atom. The van der Waals surface area contributed by atoms with Crippen molar-refractivity contribution in [1.29, 1.82) is 0 Å². The van der Waals surface area contributed by atoms with Crippen LogP contribution in [0.1, 0.15) is 48.2 Å². The third-order valence-electron chi connectivity index (χ3n) is 4.61. The first-order valence-corrected chi connectivity index (χ1v) is 8.95. The van der Waals surface area contributed by atoms with Crippen molar-refractivity contribution in [2.45, 2.75) is 40.0 Å². The summed E-state index contributed by atoms with van der Waals surface area (Å²) in [6.07, 6.45) is 6.72. The highest BCUT2D eigenvalue weighted by molar-refractivity contribution is 6.09. The summed E-state index contributed by atoms with van der Waals surface area (Å²) in [6.45, 7) is 6.01. The number of hydrogen-bond donors (Lipinski definition) is 2. The first-order valence-electron chi connectivity index (χ1n) is 8.95. The maximum Gasteiger partial charge on any atom is 0.251 e. The summed E-state index contributed by atoms with van der Waals surface area (Å²) in [5.41, 5.74) is 12.5. The van der Waals surface area contributed by atoms with Crippen LogP contribution in [-0.4, -0.2) is 22.1 Å². The smallest absolute Gasteiger partial charge is 0.251 e. The van der Waals surface area contributed by atoms with Gasteiger partial charge in [0, 0.05) is 11.8 Å². The molecule has 3 rings (SSSR count). The zero-order chi connectivity index (χ0) is 18.7. The van der Waals surface area contributed by atoms with Crippen LogP contribution in [0.25, 0.3) is 22.2 Å². The van der Waals surface area contributed by atoms with E-state index in [0.717, 1.165) is 47.2 Å². The fourth-order valence-electron chi connectivity index (χ4n) is 3.35. The number of nitrogens with two attached hydrogens (primary N) is 1. The van der Waals surface area contributed by atoms with Gasteiger partial charge in [-0.2, -0.15) is 0 Å². The number of aryl methyl sites for hydroxylation is 2. The van der Waals surface area contributed by atoms with Gasteiger partial charge >= 0.3 is 0 Å². The monoisotopic (exact) mass is 348 g/mol. The van der Waals surface area contributed by atoms with Crippen molar-refractivity contribution in [3.05, 3.63) is 47.3 Å². The number of aromatic nitrogens is 2. The van der Waals surface area contributed by atoms with E-state index in [-0.39, 0.29) is 0 Å². The molecule has 0 atom stereocenters. The molecule has 26 heavy (non-hydrogen) atoms. The maximum absolute atomic E-state index is 11.8. The Bertz CT molecular complexity index is 985. The predicted octanol–water partition coefficient (Wildman–Crippen LogP) is 4.70. The van der Waals surface area contributed by atoms with E-state index in [1.807, 2.05) is 26.1 Å². The van der Waals surface area contributed by atoms with Gasteiger partial charge in [-0.3, -0.25) is 9.79 Å². The first kappa shape index (κ1) is 17.9. The lowest BCUT2D eigenvalue weighted by molar-refractivity contribution is 0.100. The van der Waals surface area contributed by atoms with E-state index in [1.165, 1.54) is 5.56 Å². The van der Waals surface area contributed by atoms with Crippen LogP contribution in [0.4, 0.5) is 5.69 Å². The van der Waals surface area contributed by atoms with Gasteiger partial charge in [-0.25, -0.2) is 4.98 Å². The molecule has 5 heteroatoms. The second-order valence-corrected chi connectivity index (χ2v) is 6.44. The Morgan fingerprint density at radius 3 is 2.85 bits per heavy atom. The summed E-state index contributed by atoms with van der Waals surface area (Å²) in [7, 11) is 0. The van der Waals surface area contributed by atoms with Crippen molar-refractivity contribution in [3.63, 3.8) is 0 Å². The number of rotatable bonds is 6. The number of carbonyl (C=O) groups excluding carboxylic acids is 1. The van der Waals surface area contributed by atoms with E-state index in [2.05, 4.69) is 40.1 Å². The van der Waals surface area contributed by atoms with Crippen LogP contribution in [0.3, 0.4) is 0 Å². The van der Waals surface area contributed by atoms with Crippen molar-refractivity contribution in [3.8, 4) is 11.1 Å². The van der Waals surface area contributed by atoms with Gasteiger partial charge in [0.1, 0.15) is 0 Å². The first-order chi connectivity index (χ1) is 12.6. The van der Waals surface area contributed by atoms with Crippen LogP contribution in [-0.2, 0) is 6.42 Å². The minimum atomic E-state index is -0.450. The number of aliphatic imine (C=N–C) groups is 1. The molecule has 5 nitrogen and oxygen atoms in total. The van der Waals surface area contributed by atoms with Gasteiger partial charge < -0.3 is 10.7 Å². The predicted molar refractivity (Wildman–Crippen MR) is 107 cm³/mol. The van der Waals surface area contributed by atoms with Gasteiger partial charge in [0.25, 0.3) is 5.91 Å². The lowest BCUT2D eigenvalue weighted by atomic mass is 9.95. The molecular weight excluding hydrogens is 324 g/mol. The second kappa shape index (κ2) is 7.52. The van der Waals surface area contributed by atoms with Gasteiger partial charge in [0.15, 0.2) is 0 Å². The topological polar surface area (TPSA) is 84.1 Å². The number of unbranched alkanes of at least 4 members (excludes halogenated alkanes) is 1. The number of fused-ring (bicyclic) bond motifs is 1. The minimum absolute atomic E-state index is 0.450. The molecule has 134 valence electrons. The quantitative estimate of drug-likeness (QED) is 0.633. The number of benzene rings is 2. The standard InChI is InChI=1S/C21H24N4O/c1-4-6-7-14-8-9-15(11-17(14)23-5-2)16-10-13(3)18(21(22)26)20-19(16)24-12-25-20/h5,8-12H,4,6-7H2,1-3H3,(H2,22,26)(H,24,25). The molecule has 1 aromatic heterocycles. The van der Waals surface area contributed by atoms with Crippen molar-refractivity contribution >= 4 is 28.8 Å². The van der Waals surface area contributed by atoms with Gasteiger partial charge in [-0.1, -0.05) is 25.5 Å². The minimum Gasteiger partial charge on any atom is -0.366 e. The van der Waals surface area contributed by atoms with Crippen LogP contribution < -0.4 is 5.73 Å². The normalized spacial score (nSPS) is 11.5. The highest BCUT2D eigenvalue weighted by Gasteiger charge is 2.17. The van der Waals surface area contributed by atoms with E-state index < -0.39 is 5.91 Å². The third-order valence-corrected chi connectivity index (χ3v) is 4.61. The van der Waals surface area contributed by atoms with Gasteiger partial charge in [-0.15, -0.1) is 0 Å². The molecule has 0 spiro atoms. The van der Waals surface area contributed by atoms with Gasteiger partial charge in [0.2, 0.25) is 0 Å². The number of nitrogens with zero attached hydrogens (tertiary/aromatic N) is 2. The molecule has 1 amide bonds. The van der Waals surface area contributed by atoms with Crippen LogP contribution >= 0.6 is 0 Å². The van der Waals surface area contributed by atoms with E-state index >= 15 is 0 Å². The molecule has 0 bridgehead atoms. The fraction of sp³-hybridized carbons (Fsp3) is 0.286. The molecular formula is C21H24N4O. The van der Waals surface area contributed by atoms with Crippen molar-refractivity contribution < 1.29 is 4.79 Å². The highest BCUT2D eigenvalue weighted by Crippen LogP contribution is 2.34. The summed E-state index contributed by atoms with van der Waals surface area (Å²) in [6, 6.07) is 8.32. The molecule has 0 radical (unpaired) electrons. The molecule has 0 unspecified atom stereocenters. The zero-order valence-electron chi connectivity index (χ0n) is 15.5. The van der Waals surface area contributed by atoms with Crippen molar-refractivity contribution in [2.24, 2.45) is 10.7 Å². The van der Waals surface area contributed by atoms with Gasteiger partial charge in [-0.05, 0) is 55.5 Å². The largest absolute Gasteiger partial charge is 0.366 e. The molecule has 0 saturated heterocycles. The Kier molecular flexibility index (Phi) is 5.16. The molecule has 0 aliphatic rings. The number of nitrogens with one attached hydrogen (secondary N) is 1. The average Bonchev–Trinajstić information content (AvgIpc) is 3.09. The molecule has 0 aliphatic carbocycles. The SMILES string of the molecule is CC=Nc1cc(-c2cc(C)c(C(N)=O)c3[nH]cnc23)ccc1CCCC. The number of H-pyrrole nitrogens is 1. The average molecular weight is 348 g/mol. The Hall–Kier alpha value is -2.95. The highest BCUT2D eigenvalue weighted by atomic mass is 16.1. The number of aromatic amines is 1. The number of primary amides is 1. The summed E-state index contributed by atoms with van der Waals surface area (Å²) in [4.78, 5) is 23.9. The molecule has 0 aliphatic heterocycles. The van der Waals surface area contributed by atoms with Crippen LogP contribution in [0.15, 0.2) is 35.6 Å². The number of amides is 1. The van der Waals surface area contributed by atoms with Gasteiger partial charge in [0.05, 0.1) is 28.6 Å². The molecule has 3 N–H and O–H groups in total. The lowest BCUT2D eigenvalue weighted by Crippen LogP contribution is -2.13. The Balaban J connectivity index is 2.18. The van der Waals surface area contributed by atoms with Crippen LogP contribution in [0.5, 0.6) is 0 Å². The molecule has 2 aromatic carbocycles. The molecule has 1 heterocycles. The Labute approximate surface area is 153 Å². The molecule has 3 aromatic rings. The maximum atomic E-state index is 11.8. The number of imidazole rings is 1. The zero-order valence-corrected chi connectivity index (χ0v) is 15.5. The van der Waals surface area contributed by atoms with E-state index in [4.69, 9.17) is 5.73 Å². The third kappa shape index (κ3) is 3.25. The summed E-state index contributed by atoms with van der Waals surface area (Å²) in [5.74, 6) is -0.450. The Morgan fingerprint density at radius 2 is 2.15 bits per heavy atom. The molecule has 0 fully saturated rings. The number of carbonyl (C=O) groups is 1. The summed E-state index contributed by atoms with van der Waals surface area (Å²) in [5, 5.41) is 0. The number of hydrogen-bond acceptors (Lipinski definition) is 3. The molecule has 0 saturated carbocycles. The van der Waals surface area contributed by atoms with Crippen LogP contribution in [0.2, 0.25) is 0 Å². The summed E-state index contributed by atoms with van der Waals surface area (Å²) >= 11 is 0. The second-order valence-electron chi connectivity index (χ2n) is 6.44. The lowest BCUT2D eigenvalue weighted by Gasteiger charge is -2.12. The fourth-order valence-corrected chi connectivity index (χ4v) is 3.35. The van der Waals surface area contributed by atoms with Crippen molar-refractivity contribution in [1.82, 2.24) is 9.97 Å². The van der Waals surface area contributed by atoms with E-state index in [1.54, 1.807) is 6.33 Å². The van der Waals surface area contributed by atoms with Crippen LogP contribution in [0, 0.1) is 6.92 Å². The summed E-state index contributed by atoms with van der Waals surface area (Å²) < 4.78 is 0. The van der Waals surface area contributed by atoms with Crippen molar-refractivity contribution in [2.75, 3.05) is 0 Å². The van der Waals surface area contributed by atoms with E-state index in [9.17, 15) is 4.79 Å².